The van der Waals surface area contributed by atoms with Gasteiger partial charge >= 0.3 is 0 Å². The molecule has 2 aliphatic heterocycles. The molecule has 0 saturated carbocycles. The van der Waals surface area contributed by atoms with Crippen molar-refractivity contribution in [2.45, 2.75) is 25.0 Å². The largest absolute Gasteiger partial charge is 0.503 e. The first-order valence-corrected chi connectivity index (χ1v) is 9.28. The van der Waals surface area contributed by atoms with Crippen LogP contribution in [-0.2, 0) is 14.3 Å². The summed E-state index contributed by atoms with van der Waals surface area (Å²) >= 11 is 0. The summed E-state index contributed by atoms with van der Waals surface area (Å²) < 4.78 is 20.2. The highest BCUT2D eigenvalue weighted by Crippen LogP contribution is 2.37. The summed E-state index contributed by atoms with van der Waals surface area (Å²) in [5.41, 5.74) is 0.457. The number of rotatable bonds is 4. The van der Waals surface area contributed by atoms with E-state index in [-0.39, 0.29) is 23.8 Å². The van der Waals surface area contributed by atoms with Crippen LogP contribution >= 0.6 is 0 Å². The fraction of sp³-hybridized carbons (Fsp3) is 0.273. The van der Waals surface area contributed by atoms with Crippen LogP contribution in [0.5, 0.6) is 0 Å². The van der Waals surface area contributed by atoms with Crippen molar-refractivity contribution in [3.05, 3.63) is 77.3 Å². The minimum atomic E-state index is -1.15. The predicted molar refractivity (Wildman–Crippen MR) is 101 cm³/mol. The molecule has 144 valence electrons. The van der Waals surface area contributed by atoms with Crippen molar-refractivity contribution in [1.29, 1.82) is 0 Å². The molecule has 2 atom stereocenters. The van der Waals surface area contributed by atoms with Crippen molar-refractivity contribution >= 4 is 17.3 Å². The maximum atomic E-state index is 14.6. The van der Waals surface area contributed by atoms with Crippen LogP contribution in [0.15, 0.2) is 60.4 Å². The lowest BCUT2D eigenvalue weighted by atomic mass is 9.87. The lowest BCUT2D eigenvalue weighted by molar-refractivity contribution is -0.140. The van der Waals surface area contributed by atoms with Crippen LogP contribution in [0.3, 0.4) is 0 Å². The van der Waals surface area contributed by atoms with Crippen LogP contribution in [0.25, 0.3) is 5.57 Å². The van der Waals surface area contributed by atoms with Crippen molar-refractivity contribution in [3.63, 3.8) is 0 Å². The second kappa shape index (κ2) is 7.56. The van der Waals surface area contributed by atoms with Gasteiger partial charge in [0.1, 0.15) is 11.9 Å². The molecular weight excluding hydrogens is 361 g/mol. The molecule has 0 aromatic heterocycles. The van der Waals surface area contributed by atoms with Crippen LogP contribution in [0.1, 0.15) is 30.0 Å². The van der Waals surface area contributed by atoms with E-state index in [1.807, 2.05) is 0 Å². The number of benzene rings is 2. The molecule has 1 amide bonds. The van der Waals surface area contributed by atoms with Gasteiger partial charge in [-0.25, -0.2) is 4.39 Å². The van der Waals surface area contributed by atoms with E-state index in [2.05, 4.69) is 0 Å². The third-order valence-electron chi connectivity index (χ3n) is 5.19. The third-order valence-corrected chi connectivity index (χ3v) is 5.19. The number of ether oxygens (including phenoxy) is 1. The number of hydrogen-bond donors (Lipinski definition) is 1. The van der Waals surface area contributed by atoms with Gasteiger partial charge in [-0.15, -0.1) is 0 Å². The molecule has 0 unspecified atom stereocenters. The summed E-state index contributed by atoms with van der Waals surface area (Å²) in [7, 11) is 0. The first-order chi connectivity index (χ1) is 13.6. The summed E-state index contributed by atoms with van der Waals surface area (Å²) in [6, 6.07) is 13.3. The van der Waals surface area contributed by atoms with Gasteiger partial charge in [-0.2, -0.15) is 0 Å². The molecule has 2 aromatic carbocycles. The van der Waals surface area contributed by atoms with Crippen LogP contribution in [-0.4, -0.2) is 41.0 Å². The van der Waals surface area contributed by atoms with Crippen molar-refractivity contribution < 1.29 is 23.8 Å². The molecule has 0 spiro atoms. The van der Waals surface area contributed by atoms with E-state index < -0.39 is 29.3 Å². The SMILES string of the molecule is O=C1C(c2ccccc2)=C(O)C(=O)N(C[C@@H]2CCCO2)[C@@H]1c1ccccc1F. The van der Waals surface area contributed by atoms with Crippen molar-refractivity contribution in [2.24, 2.45) is 0 Å². The molecule has 4 rings (SSSR count). The summed E-state index contributed by atoms with van der Waals surface area (Å²) in [5, 5.41) is 10.6. The number of aliphatic hydroxyl groups is 1. The Bertz CT molecular complexity index is 935. The van der Waals surface area contributed by atoms with Gasteiger partial charge in [0.05, 0.1) is 11.7 Å². The Kier molecular flexibility index (Phi) is 4.96. The van der Waals surface area contributed by atoms with Gasteiger partial charge in [0.15, 0.2) is 11.5 Å². The van der Waals surface area contributed by atoms with Gasteiger partial charge in [-0.1, -0.05) is 48.5 Å². The topological polar surface area (TPSA) is 66.8 Å². The van der Waals surface area contributed by atoms with Crippen molar-refractivity contribution in [1.82, 2.24) is 4.90 Å². The Morgan fingerprint density at radius 3 is 2.46 bits per heavy atom. The maximum Gasteiger partial charge on any atom is 0.290 e. The highest BCUT2D eigenvalue weighted by molar-refractivity contribution is 6.30. The Morgan fingerprint density at radius 1 is 1.07 bits per heavy atom. The molecule has 0 bridgehead atoms. The Morgan fingerprint density at radius 2 is 1.79 bits per heavy atom. The molecule has 5 nitrogen and oxygen atoms in total. The van der Waals surface area contributed by atoms with Crippen LogP contribution in [0.4, 0.5) is 4.39 Å². The van der Waals surface area contributed by atoms with Crippen LogP contribution in [0, 0.1) is 5.82 Å². The number of ketones is 1. The molecule has 28 heavy (non-hydrogen) atoms. The summed E-state index contributed by atoms with van der Waals surface area (Å²) in [4.78, 5) is 27.7. The zero-order valence-electron chi connectivity index (χ0n) is 15.2. The zero-order chi connectivity index (χ0) is 19.7. The maximum absolute atomic E-state index is 14.6. The average Bonchev–Trinajstić information content (AvgIpc) is 3.21. The second-order valence-electron chi connectivity index (χ2n) is 6.97. The summed E-state index contributed by atoms with van der Waals surface area (Å²) in [6.07, 6.45) is 1.37. The third kappa shape index (κ3) is 3.20. The molecule has 1 saturated heterocycles. The van der Waals surface area contributed by atoms with E-state index in [9.17, 15) is 19.1 Å². The smallest absolute Gasteiger partial charge is 0.290 e. The predicted octanol–water partition coefficient (Wildman–Crippen LogP) is 3.43. The molecular formula is C22H20FNO4. The number of halogens is 1. The van der Waals surface area contributed by atoms with Gasteiger partial charge in [0.2, 0.25) is 0 Å². The molecule has 2 aromatic rings. The first-order valence-electron chi connectivity index (χ1n) is 9.28. The summed E-state index contributed by atoms with van der Waals surface area (Å²) in [6.45, 7) is 0.706. The molecule has 2 aliphatic rings. The van der Waals surface area contributed by atoms with Gasteiger partial charge in [0, 0.05) is 18.7 Å². The van der Waals surface area contributed by atoms with Crippen molar-refractivity contribution in [2.75, 3.05) is 13.2 Å². The average molecular weight is 381 g/mol. The number of carbonyl (C=O) groups excluding carboxylic acids is 2. The number of nitrogens with zero attached hydrogens (tertiary/aromatic N) is 1. The Labute approximate surface area is 162 Å². The molecule has 6 heteroatoms. The number of amides is 1. The number of Topliss-reactive ketones (excluding diaryl/α,β-unsaturated/α-hetero) is 1. The van der Waals surface area contributed by atoms with E-state index in [1.165, 1.54) is 23.1 Å². The van der Waals surface area contributed by atoms with E-state index >= 15 is 0 Å². The van der Waals surface area contributed by atoms with E-state index in [0.717, 1.165) is 12.8 Å². The Hall–Kier alpha value is -2.99. The van der Waals surface area contributed by atoms with Crippen LogP contribution < -0.4 is 0 Å². The lowest BCUT2D eigenvalue weighted by Gasteiger charge is -2.36. The molecule has 2 heterocycles. The van der Waals surface area contributed by atoms with Gasteiger partial charge in [-0.05, 0) is 24.5 Å². The van der Waals surface area contributed by atoms with Gasteiger partial charge in [-0.3, -0.25) is 9.59 Å². The normalized spacial score (nSPS) is 22.8. The number of carbonyl (C=O) groups is 2. The van der Waals surface area contributed by atoms with Gasteiger partial charge in [0.25, 0.3) is 5.91 Å². The van der Waals surface area contributed by atoms with E-state index in [0.29, 0.717) is 12.2 Å². The lowest BCUT2D eigenvalue weighted by Crippen LogP contribution is -2.48. The van der Waals surface area contributed by atoms with E-state index in [4.69, 9.17) is 4.74 Å². The van der Waals surface area contributed by atoms with Gasteiger partial charge < -0.3 is 14.7 Å². The number of aliphatic hydroxyl groups excluding tert-OH is 1. The zero-order valence-corrected chi connectivity index (χ0v) is 15.2. The Balaban J connectivity index is 1.83. The minimum absolute atomic E-state index is 0.0811. The van der Waals surface area contributed by atoms with Crippen LogP contribution in [0.2, 0.25) is 0 Å². The number of hydrogen-bond acceptors (Lipinski definition) is 4. The minimum Gasteiger partial charge on any atom is -0.503 e. The fourth-order valence-electron chi connectivity index (χ4n) is 3.84. The highest BCUT2D eigenvalue weighted by Gasteiger charge is 2.44. The van der Waals surface area contributed by atoms with Crippen molar-refractivity contribution in [3.8, 4) is 0 Å². The standard InChI is InChI=1S/C22H20FNO4/c23-17-11-5-4-10-16(17)19-20(25)18(14-7-2-1-3-8-14)21(26)22(27)24(19)13-15-9-6-12-28-15/h1-5,7-8,10-11,15,19,26H,6,9,12-13H2/t15-,19+/m0/s1. The highest BCUT2D eigenvalue weighted by atomic mass is 19.1. The quantitative estimate of drug-likeness (QED) is 0.881. The van der Waals surface area contributed by atoms with E-state index in [1.54, 1.807) is 36.4 Å². The molecule has 1 fully saturated rings. The fourth-order valence-corrected chi connectivity index (χ4v) is 3.84. The summed E-state index contributed by atoms with van der Waals surface area (Å²) in [5.74, 6) is -2.38. The molecule has 0 aliphatic carbocycles. The second-order valence-corrected chi connectivity index (χ2v) is 6.97. The monoisotopic (exact) mass is 381 g/mol. The molecule has 0 radical (unpaired) electrons. The first kappa shape index (κ1) is 18.4. The molecule has 1 N–H and O–H groups in total.